The van der Waals surface area contributed by atoms with Gasteiger partial charge in [0, 0.05) is 29.9 Å². The SMILES string of the molecule is COCCNC(=O)Cc1cccc(N(Cc2ccc(F)cc2)C(=O)c2ccc(Cl)cc2)c1. The van der Waals surface area contributed by atoms with E-state index in [2.05, 4.69) is 5.32 Å². The van der Waals surface area contributed by atoms with Crippen LogP contribution >= 0.6 is 11.6 Å². The molecule has 0 aliphatic carbocycles. The first-order valence-electron chi connectivity index (χ1n) is 10.1. The van der Waals surface area contributed by atoms with Gasteiger partial charge in [0.2, 0.25) is 5.91 Å². The third-order valence-corrected chi connectivity index (χ3v) is 5.06. The number of methoxy groups -OCH3 is 1. The van der Waals surface area contributed by atoms with Gasteiger partial charge in [0.05, 0.1) is 19.6 Å². The summed E-state index contributed by atoms with van der Waals surface area (Å²) < 4.78 is 18.3. The smallest absolute Gasteiger partial charge is 0.258 e. The maximum atomic E-state index is 13.4. The van der Waals surface area contributed by atoms with Gasteiger partial charge in [-0.05, 0) is 59.7 Å². The van der Waals surface area contributed by atoms with Crippen molar-refractivity contribution >= 4 is 29.1 Å². The summed E-state index contributed by atoms with van der Waals surface area (Å²) in [4.78, 5) is 27.1. The zero-order valence-electron chi connectivity index (χ0n) is 17.7. The van der Waals surface area contributed by atoms with Gasteiger partial charge in [-0.2, -0.15) is 0 Å². The van der Waals surface area contributed by atoms with E-state index >= 15 is 0 Å². The second kappa shape index (κ2) is 11.4. The summed E-state index contributed by atoms with van der Waals surface area (Å²) in [5.41, 5.74) is 2.65. The molecule has 0 fully saturated rings. The molecule has 2 amide bonds. The first-order valence-corrected chi connectivity index (χ1v) is 10.5. The molecule has 7 heteroatoms. The minimum Gasteiger partial charge on any atom is -0.383 e. The van der Waals surface area contributed by atoms with Gasteiger partial charge < -0.3 is 15.0 Å². The van der Waals surface area contributed by atoms with E-state index in [0.29, 0.717) is 29.4 Å². The van der Waals surface area contributed by atoms with Crippen molar-refractivity contribution < 1.29 is 18.7 Å². The molecule has 3 aromatic rings. The average molecular weight is 455 g/mol. The number of ether oxygens (including phenoxy) is 1. The molecule has 3 aromatic carbocycles. The Morgan fingerprint density at radius 1 is 1.00 bits per heavy atom. The summed E-state index contributed by atoms with van der Waals surface area (Å²) in [6.45, 7) is 1.11. The third kappa shape index (κ3) is 6.64. The van der Waals surface area contributed by atoms with Crippen LogP contribution in [0.25, 0.3) is 0 Å². The van der Waals surface area contributed by atoms with E-state index < -0.39 is 0 Å². The fourth-order valence-electron chi connectivity index (χ4n) is 3.18. The van der Waals surface area contributed by atoms with Crippen LogP contribution in [0, 0.1) is 5.82 Å². The normalized spacial score (nSPS) is 10.6. The first-order chi connectivity index (χ1) is 15.5. The van der Waals surface area contributed by atoms with Crippen molar-refractivity contribution in [1.29, 1.82) is 0 Å². The lowest BCUT2D eigenvalue weighted by molar-refractivity contribution is -0.120. The molecule has 0 bridgehead atoms. The summed E-state index contributed by atoms with van der Waals surface area (Å²) in [6, 6.07) is 19.9. The Balaban J connectivity index is 1.86. The van der Waals surface area contributed by atoms with Crippen LogP contribution in [0.3, 0.4) is 0 Å². The summed E-state index contributed by atoms with van der Waals surface area (Å²) in [6.07, 6.45) is 0.178. The topological polar surface area (TPSA) is 58.6 Å². The van der Waals surface area contributed by atoms with Crippen LogP contribution in [0.4, 0.5) is 10.1 Å². The summed E-state index contributed by atoms with van der Waals surface area (Å²) in [5.74, 6) is -0.702. The van der Waals surface area contributed by atoms with Crippen molar-refractivity contribution in [3.8, 4) is 0 Å². The predicted octanol–water partition coefficient (Wildman–Crippen LogP) is 4.63. The second-order valence-electron chi connectivity index (χ2n) is 7.21. The highest BCUT2D eigenvalue weighted by Crippen LogP contribution is 2.23. The van der Waals surface area contributed by atoms with E-state index in [-0.39, 0.29) is 30.6 Å². The van der Waals surface area contributed by atoms with Crippen molar-refractivity contribution in [2.24, 2.45) is 0 Å². The van der Waals surface area contributed by atoms with Crippen LogP contribution in [0.5, 0.6) is 0 Å². The zero-order valence-corrected chi connectivity index (χ0v) is 18.4. The number of carbonyl (C=O) groups is 2. The molecule has 0 radical (unpaired) electrons. The number of rotatable bonds is 9. The van der Waals surface area contributed by atoms with Gasteiger partial charge in [0.15, 0.2) is 0 Å². The lowest BCUT2D eigenvalue weighted by Crippen LogP contribution is -2.31. The van der Waals surface area contributed by atoms with E-state index in [9.17, 15) is 14.0 Å². The molecule has 1 N–H and O–H groups in total. The Hall–Kier alpha value is -3.22. The Kier molecular flexibility index (Phi) is 8.36. The number of hydrogen-bond acceptors (Lipinski definition) is 3. The molecule has 0 saturated heterocycles. The first kappa shape index (κ1) is 23.4. The average Bonchev–Trinajstić information content (AvgIpc) is 2.79. The van der Waals surface area contributed by atoms with Gasteiger partial charge in [-0.1, -0.05) is 35.9 Å². The monoisotopic (exact) mass is 454 g/mol. The van der Waals surface area contributed by atoms with E-state index in [1.807, 2.05) is 18.2 Å². The molecule has 0 aliphatic heterocycles. The van der Waals surface area contributed by atoms with Gasteiger partial charge in [0.25, 0.3) is 5.91 Å². The summed E-state index contributed by atoms with van der Waals surface area (Å²) in [5, 5.41) is 3.32. The molecule has 0 heterocycles. The van der Waals surface area contributed by atoms with Crippen LogP contribution in [0.1, 0.15) is 21.5 Å². The molecule has 0 spiro atoms. The van der Waals surface area contributed by atoms with Crippen LogP contribution < -0.4 is 10.2 Å². The number of halogens is 2. The quantitative estimate of drug-likeness (QED) is 0.479. The number of benzene rings is 3. The number of carbonyl (C=O) groups excluding carboxylic acids is 2. The van der Waals surface area contributed by atoms with Crippen molar-refractivity contribution in [1.82, 2.24) is 5.32 Å². The van der Waals surface area contributed by atoms with Crippen LogP contribution in [0.15, 0.2) is 72.8 Å². The highest BCUT2D eigenvalue weighted by Gasteiger charge is 2.19. The second-order valence-corrected chi connectivity index (χ2v) is 7.65. The highest BCUT2D eigenvalue weighted by molar-refractivity contribution is 6.30. The maximum absolute atomic E-state index is 13.4. The maximum Gasteiger partial charge on any atom is 0.258 e. The van der Waals surface area contributed by atoms with Crippen molar-refractivity contribution in [3.05, 3.63) is 100 Å². The minimum absolute atomic E-state index is 0.131. The number of hydrogen-bond donors (Lipinski definition) is 1. The lowest BCUT2D eigenvalue weighted by Gasteiger charge is -2.24. The fraction of sp³-hybridized carbons (Fsp3) is 0.200. The lowest BCUT2D eigenvalue weighted by atomic mass is 10.1. The molecule has 166 valence electrons. The van der Waals surface area contributed by atoms with Crippen LogP contribution in [-0.4, -0.2) is 32.1 Å². The van der Waals surface area contributed by atoms with Gasteiger partial charge in [0.1, 0.15) is 5.82 Å². The predicted molar refractivity (Wildman–Crippen MR) is 123 cm³/mol. The number of amides is 2. The van der Waals surface area contributed by atoms with E-state index in [1.54, 1.807) is 54.5 Å². The molecule has 3 rings (SSSR count). The van der Waals surface area contributed by atoms with Crippen molar-refractivity contribution in [3.63, 3.8) is 0 Å². The number of nitrogens with zero attached hydrogens (tertiary/aromatic N) is 1. The summed E-state index contributed by atoms with van der Waals surface area (Å²) >= 11 is 5.97. The van der Waals surface area contributed by atoms with E-state index in [4.69, 9.17) is 16.3 Å². The standard InChI is InChI=1S/C25H24ClFN2O3/c1-32-14-13-28-24(30)16-19-3-2-4-23(15-19)29(17-18-5-11-22(27)12-6-18)25(31)20-7-9-21(26)10-8-20/h2-12,15H,13-14,16-17H2,1H3,(H,28,30). The minimum atomic E-state index is -0.342. The molecular weight excluding hydrogens is 431 g/mol. The summed E-state index contributed by atoms with van der Waals surface area (Å²) in [7, 11) is 1.57. The molecule has 0 aliphatic rings. The number of anilines is 1. The van der Waals surface area contributed by atoms with Crippen molar-refractivity contribution in [2.75, 3.05) is 25.2 Å². The Morgan fingerprint density at radius 3 is 2.41 bits per heavy atom. The highest BCUT2D eigenvalue weighted by atomic mass is 35.5. The fourth-order valence-corrected chi connectivity index (χ4v) is 3.30. The molecule has 32 heavy (non-hydrogen) atoms. The third-order valence-electron chi connectivity index (χ3n) is 4.81. The van der Waals surface area contributed by atoms with Crippen molar-refractivity contribution in [2.45, 2.75) is 13.0 Å². The Labute approximate surface area is 191 Å². The Bertz CT molecular complexity index is 1060. The van der Waals surface area contributed by atoms with Crippen LogP contribution in [-0.2, 0) is 22.5 Å². The molecule has 0 unspecified atom stereocenters. The molecule has 0 saturated carbocycles. The zero-order chi connectivity index (χ0) is 22.9. The molecule has 0 atom stereocenters. The van der Waals surface area contributed by atoms with E-state index in [0.717, 1.165) is 11.1 Å². The Morgan fingerprint density at radius 2 is 1.72 bits per heavy atom. The molecular formula is C25H24ClFN2O3. The molecule has 0 aromatic heterocycles. The van der Waals surface area contributed by atoms with Gasteiger partial charge in [-0.3, -0.25) is 9.59 Å². The van der Waals surface area contributed by atoms with Gasteiger partial charge in [-0.25, -0.2) is 4.39 Å². The van der Waals surface area contributed by atoms with Gasteiger partial charge in [-0.15, -0.1) is 0 Å². The van der Waals surface area contributed by atoms with E-state index in [1.165, 1.54) is 12.1 Å². The largest absolute Gasteiger partial charge is 0.383 e. The number of nitrogens with one attached hydrogen (secondary N) is 1. The molecule has 5 nitrogen and oxygen atoms in total. The van der Waals surface area contributed by atoms with Gasteiger partial charge >= 0.3 is 0 Å². The van der Waals surface area contributed by atoms with Crippen LogP contribution in [0.2, 0.25) is 5.02 Å².